The van der Waals surface area contributed by atoms with Gasteiger partial charge in [-0.15, -0.1) is 0 Å². The standard InChI is InChI=1S/C27H28N2O3/c1-30-23-15-19(16-24(31-2)27(23)32-3)26-25-21(20-11-7-8-12-22(20)28-25)13-14-29(26)17-18-9-5-4-6-10-18/h4-12,15-16,26,28H,13-14,17H2,1-3H3. The highest BCUT2D eigenvalue weighted by Crippen LogP contribution is 2.45. The second kappa shape index (κ2) is 8.60. The third-order valence-corrected chi connectivity index (χ3v) is 6.37. The Balaban J connectivity index is 1.68. The van der Waals surface area contributed by atoms with Crippen molar-refractivity contribution in [3.05, 3.63) is 89.1 Å². The van der Waals surface area contributed by atoms with E-state index >= 15 is 0 Å². The number of para-hydroxylation sites is 1. The third-order valence-electron chi connectivity index (χ3n) is 6.37. The van der Waals surface area contributed by atoms with E-state index in [2.05, 4.69) is 76.6 Å². The summed E-state index contributed by atoms with van der Waals surface area (Å²) in [5.74, 6) is 1.95. The molecule has 32 heavy (non-hydrogen) atoms. The normalized spacial score (nSPS) is 16.0. The van der Waals surface area contributed by atoms with E-state index in [1.165, 1.54) is 27.7 Å². The summed E-state index contributed by atoms with van der Waals surface area (Å²) in [6, 6.07) is 23.4. The number of H-pyrrole nitrogens is 1. The molecule has 1 atom stereocenters. The first-order valence-corrected chi connectivity index (χ1v) is 10.9. The second-order valence-electron chi connectivity index (χ2n) is 8.13. The van der Waals surface area contributed by atoms with Crippen molar-refractivity contribution in [2.75, 3.05) is 27.9 Å². The number of aromatic nitrogens is 1. The summed E-state index contributed by atoms with van der Waals surface area (Å²) in [4.78, 5) is 6.25. The molecule has 5 heteroatoms. The fraction of sp³-hybridized carbons (Fsp3) is 0.259. The smallest absolute Gasteiger partial charge is 0.203 e. The predicted octanol–water partition coefficient (Wildman–Crippen LogP) is 5.34. The van der Waals surface area contributed by atoms with Crippen LogP contribution in [0.15, 0.2) is 66.7 Å². The monoisotopic (exact) mass is 428 g/mol. The van der Waals surface area contributed by atoms with Crippen LogP contribution in [0.4, 0.5) is 0 Å². The molecule has 0 spiro atoms. The van der Waals surface area contributed by atoms with Crippen LogP contribution in [0, 0.1) is 0 Å². The molecule has 5 rings (SSSR count). The molecule has 164 valence electrons. The molecule has 0 saturated carbocycles. The second-order valence-corrected chi connectivity index (χ2v) is 8.13. The van der Waals surface area contributed by atoms with Gasteiger partial charge in [0.2, 0.25) is 5.75 Å². The summed E-state index contributed by atoms with van der Waals surface area (Å²) < 4.78 is 16.9. The minimum Gasteiger partial charge on any atom is -0.493 e. The quantitative estimate of drug-likeness (QED) is 0.450. The van der Waals surface area contributed by atoms with E-state index in [4.69, 9.17) is 14.2 Å². The summed E-state index contributed by atoms with van der Waals surface area (Å²) in [5.41, 5.74) is 6.22. The molecule has 1 N–H and O–H groups in total. The molecule has 0 aliphatic carbocycles. The van der Waals surface area contributed by atoms with Gasteiger partial charge in [-0.2, -0.15) is 0 Å². The fourth-order valence-electron chi connectivity index (χ4n) is 4.92. The van der Waals surface area contributed by atoms with E-state index in [0.29, 0.717) is 17.2 Å². The van der Waals surface area contributed by atoms with Gasteiger partial charge in [-0.1, -0.05) is 48.5 Å². The summed E-state index contributed by atoms with van der Waals surface area (Å²) in [5, 5.41) is 1.30. The van der Waals surface area contributed by atoms with Crippen LogP contribution in [-0.2, 0) is 13.0 Å². The number of aromatic amines is 1. The molecule has 0 amide bonds. The van der Waals surface area contributed by atoms with Crippen LogP contribution in [0.25, 0.3) is 10.9 Å². The highest BCUT2D eigenvalue weighted by molar-refractivity contribution is 5.85. The molecule has 3 aromatic carbocycles. The van der Waals surface area contributed by atoms with Crippen molar-refractivity contribution in [2.24, 2.45) is 0 Å². The van der Waals surface area contributed by atoms with Crippen LogP contribution in [0.2, 0.25) is 0 Å². The number of fused-ring (bicyclic) bond motifs is 3. The van der Waals surface area contributed by atoms with E-state index in [0.717, 1.165) is 25.1 Å². The van der Waals surface area contributed by atoms with Crippen LogP contribution in [-0.4, -0.2) is 37.8 Å². The number of rotatable bonds is 6. The van der Waals surface area contributed by atoms with Gasteiger partial charge in [0.15, 0.2) is 11.5 Å². The van der Waals surface area contributed by atoms with Crippen LogP contribution < -0.4 is 14.2 Å². The summed E-state index contributed by atoms with van der Waals surface area (Å²) in [7, 11) is 4.97. The molecule has 2 heterocycles. The van der Waals surface area contributed by atoms with Gasteiger partial charge in [-0.3, -0.25) is 4.90 Å². The van der Waals surface area contributed by atoms with Gasteiger partial charge >= 0.3 is 0 Å². The van der Waals surface area contributed by atoms with Gasteiger partial charge in [-0.05, 0) is 41.3 Å². The number of nitrogens with one attached hydrogen (secondary N) is 1. The Morgan fingerprint density at radius 3 is 2.25 bits per heavy atom. The first-order valence-electron chi connectivity index (χ1n) is 10.9. The van der Waals surface area contributed by atoms with Gasteiger partial charge in [-0.25, -0.2) is 0 Å². The van der Waals surface area contributed by atoms with Gasteiger partial charge in [0.1, 0.15) is 0 Å². The lowest BCUT2D eigenvalue weighted by Gasteiger charge is -2.36. The molecule has 1 unspecified atom stereocenters. The number of benzene rings is 3. The molecule has 5 nitrogen and oxygen atoms in total. The van der Waals surface area contributed by atoms with Gasteiger partial charge in [0.05, 0.1) is 27.4 Å². The first kappa shape index (κ1) is 20.5. The summed E-state index contributed by atoms with van der Waals surface area (Å²) in [6.45, 7) is 1.82. The Kier molecular flexibility index (Phi) is 5.50. The van der Waals surface area contributed by atoms with E-state index in [1.54, 1.807) is 21.3 Å². The van der Waals surface area contributed by atoms with Crippen LogP contribution in [0.1, 0.15) is 28.4 Å². The van der Waals surface area contributed by atoms with Crippen molar-refractivity contribution in [3.8, 4) is 17.2 Å². The summed E-state index contributed by atoms with van der Waals surface area (Å²) >= 11 is 0. The van der Waals surface area contributed by atoms with Crippen molar-refractivity contribution >= 4 is 10.9 Å². The van der Waals surface area contributed by atoms with Crippen LogP contribution in [0.3, 0.4) is 0 Å². The molecule has 0 saturated heterocycles. The first-order chi connectivity index (χ1) is 15.7. The maximum atomic E-state index is 5.68. The lowest BCUT2D eigenvalue weighted by Crippen LogP contribution is -2.35. The SMILES string of the molecule is COc1cc(C2c3[nH]c4ccccc4c3CCN2Cc2ccccc2)cc(OC)c1OC. The van der Waals surface area contributed by atoms with Gasteiger partial charge in [0.25, 0.3) is 0 Å². The lowest BCUT2D eigenvalue weighted by atomic mass is 9.91. The zero-order chi connectivity index (χ0) is 22.1. The molecular formula is C27H28N2O3. The minimum atomic E-state index is 0.0417. The Morgan fingerprint density at radius 1 is 0.875 bits per heavy atom. The molecular weight excluding hydrogens is 400 g/mol. The van der Waals surface area contributed by atoms with Crippen molar-refractivity contribution in [2.45, 2.75) is 19.0 Å². The highest BCUT2D eigenvalue weighted by Gasteiger charge is 2.33. The number of hydrogen-bond acceptors (Lipinski definition) is 4. The number of methoxy groups -OCH3 is 3. The Hall–Kier alpha value is -3.44. The fourth-order valence-corrected chi connectivity index (χ4v) is 4.92. The Bertz CT molecular complexity index is 1210. The molecule has 0 fully saturated rings. The average Bonchev–Trinajstić information content (AvgIpc) is 3.22. The van der Waals surface area contributed by atoms with E-state index in [9.17, 15) is 0 Å². The third kappa shape index (κ3) is 3.49. The van der Waals surface area contributed by atoms with Gasteiger partial charge < -0.3 is 19.2 Å². The zero-order valence-electron chi connectivity index (χ0n) is 18.7. The molecule has 1 aliphatic heterocycles. The van der Waals surface area contributed by atoms with Crippen molar-refractivity contribution in [3.63, 3.8) is 0 Å². The number of hydrogen-bond donors (Lipinski definition) is 1. The number of nitrogens with zero attached hydrogens (tertiary/aromatic N) is 1. The van der Waals surface area contributed by atoms with Gasteiger partial charge in [0, 0.05) is 29.7 Å². The Morgan fingerprint density at radius 2 is 1.56 bits per heavy atom. The molecule has 1 aromatic heterocycles. The zero-order valence-corrected chi connectivity index (χ0v) is 18.7. The Labute approximate surface area is 188 Å². The van der Waals surface area contributed by atoms with Crippen molar-refractivity contribution in [1.82, 2.24) is 9.88 Å². The topological polar surface area (TPSA) is 46.7 Å². The van der Waals surface area contributed by atoms with Crippen LogP contribution >= 0.6 is 0 Å². The van der Waals surface area contributed by atoms with E-state index in [-0.39, 0.29) is 6.04 Å². The maximum absolute atomic E-state index is 5.68. The van der Waals surface area contributed by atoms with E-state index in [1.807, 2.05) is 0 Å². The maximum Gasteiger partial charge on any atom is 0.203 e. The summed E-state index contributed by atoms with van der Waals surface area (Å²) in [6.07, 6.45) is 1.01. The average molecular weight is 429 g/mol. The highest BCUT2D eigenvalue weighted by atomic mass is 16.5. The van der Waals surface area contributed by atoms with Crippen molar-refractivity contribution < 1.29 is 14.2 Å². The lowest BCUT2D eigenvalue weighted by molar-refractivity contribution is 0.201. The largest absolute Gasteiger partial charge is 0.493 e. The molecule has 1 aliphatic rings. The molecule has 0 radical (unpaired) electrons. The van der Waals surface area contributed by atoms with E-state index < -0.39 is 0 Å². The minimum absolute atomic E-state index is 0.0417. The van der Waals surface area contributed by atoms with Crippen LogP contribution in [0.5, 0.6) is 17.2 Å². The molecule has 4 aromatic rings. The predicted molar refractivity (Wildman–Crippen MR) is 127 cm³/mol. The van der Waals surface area contributed by atoms with Crippen molar-refractivity contribution in [1.29, 1.82) is 0 Å². The number of ether oxygens (including phenoxy) is 3. The molecule has 0 bridgehead atoms.